The summed E-state index contributed by atoms with van der Waals surface area (Å²) in [5.74, 6) is -0.0908. The van der Waals surface area contributed by atoms with Crippen LogP contribution in [0, 0.1) is 10.1 Å². The highest BCUT2D eigenvalue weighted by Gasteiger charge is 2.26. The Kier molecular flexibility index (Phi) is 4.35. The van der Waals surface area contributed by atoms with E-state index in [4.69, 9.17) is 0 Å². The molecule has 1 aliphatic heterocycles. The first kappa shape index (κ1) is 15.6. The van der Waals surface area contributed by atoms with Crippen LogP contribution in [0.5, 0.6) is 0 Å². The van der Waals surface area contributed by atoms with Crippen LogP contribution in [0.25, 0.3) is 10.6 Å². The van der Waals surface area contributed by atoms with E-state index in [0.717, 1.165) is 13.1 Å². The molecule has 3 rings (SSSR count). The quantitative estimate of drug-likeness (QED) is 0.687. The molecule has 0 bridgehead atoms. The summed E-state index contributed by atoms with van der Waals surface area (Å²) in [5, 5.41) is 16.4. The zero-order valence-corrected chi connectivity index (χ0v) is 13.4. The number of thiazole rings is 1. The van der Waals surface area contributed by atoms with Crippen LogP contribution in [0.3, 0.4) is 0 Å². The van der Waals surface area contributed by atoms with Crippen molar-refractivity contribution in [3.63, 3.8) is 0 Å². The summed E-state index contributed by atoms with van der Waals surface area (Å²) >= 11 is 1.32. The van der Waals surface area contributed by atoms with E-state index in [9.17, 15) is 14.9 Å². The number of carbonyl (C=O) groups is 1. The first-order chi connectivity index (χ1) is 11.1. The molecule has 1 aromatic heterocycles. The van der Waals surface area contributed by atoms with Gasteiger partial charge in [0.2, 0.25) is 0 Å². The number of nitro groups is 1. The summed E-state index contributed by atoms with van der Waals surface area (Å²) in [6.07, 6.45) is 0. The maximum absolute atomic E-state index is 12.6. The fraction of sp³-hybridized carbons (Fsp3) is 0.333. The lowest BCUT2D eigenvalue weighted by molar-refractivity contribution is -0.384. The number of amides is 1. The van der Waals surface area contributed by atoms with E-state index in [2.05, 4.69) is 10.3 Å². The van der Waals surface area contributed by atoms with Gasteiger partial charge in [0.25, 0.3) is 11.6 Å². The molecule has 0 radical (unpaired) electrons. The van der Waals surface area contributed by atoms with Crippen LogP contribution in [-0.2, 0) is 0 Å². The molecule has 1 atom stereocenters. The Morgan fingerprint density at radius 2 is 2.35 bits per heavy atom. The van der Waals surface area contributed by atoms with E-state index in [1.165, 1.54) is 23.5 Å². The molecule has 8 heteroatoms. The molecular weight excluding hydrogens is 316 g/mol. The molecule has 23 heavy (non-hydrogen) atoms. The Balaban J connectivity index is 1.84. The molecule has 1 N–H and O–H groups in total. The average Bonchev–Trinajstić information content (AvgIpc) is 3.05. The van der Waals surface area contributed by atoms with Crippen molar-refractivity contribution in [2.45, 2.75) is 13.0 Å². The van der Waals surface area contributed by atoms with Crippen molar-refractivity contribution in [1.82, 2.24) is 15.2 Å². The van der Waals surface area contributed by atoms with Gasteiger partial charge >= 0.3 is 0 Å². The maximum atomic E-state index is 12.6. The van der Waals surface area contributed by atoms with E-state index < -0.39 is 4.92 Å². The largest absolute Gasteiger partial charge is 0.332 e. The predicted octanol–water partition coefficient (Wildman–Crippen LogP) is 2.15. The van der Waals surface area contributed by atoms with Gasteiger partial charge in [0.15, 0.2) is 0 Å². The molecule has 1 fully saturated rings. The number of nitro benzene ring substituents is 1. The molecule has 1 aliphatic rings. The molecule has 0 aliphatic carbocycles. The molecule has 0 unspecified atom stereocenters. The molecule has 120 valence electrons. The fourth-order valence-electron chi connectivity index (χ4n) is 2.55. The zero-order chi connectivity index (χ0) is 16.4. The molecule has 0 spiro atoms. The lowest BCUT2D eigenvalue weighted by atomic mass is 10.2. The van der Waals surface area contributed by atoms with Crippen LogP contribution in [-0.4, -0.2) is 46.4 Å². The second-order valence-electron chi connectivity index (χ2n) is 5.40. The van der Waals surface area contributed by atoms with Gasteiger partial charge in [0.05, 0.1) is 4.92 Å². The number of aromatic nitrogens is 1. The second-order valence-corrected chi connectivity index (χ2v) is 6.26. The van der Waals surface area contributed by atoms with Gasteiger partial charge in [0.1, 0.15) is 10.7 Å². The number of piperazine rings is 1. The summed E-state index contributed by atoms with van der Waals surface area (Å²) in [7, 11) is 0. The van der Waals surface area contributed by atoms with Gasteiger partial charge in [-0.15, -0.1) is 11.3 Å². The smallest absolute Gasteiger partial charge is 0.273 e. The summed E-state index contributed by atoms with van der Waals surface area (Å²) in [4.78, 5) is 29.2. The van der Waals surface area contributed by atoms with Crippen molar-refractivity contribution in [3.05, 3.63) is 45.5 Å². The molecule has 0 saturated carbocycles. The number of benzene rings is 1. The van der Waals surface area contributed by atoms with Gasteiger partial charge in [-0.05, 0) is 6.92 Å². The normalized spacial score (nSPS) is 18.0. The molecule has 2 aromatic rings. The summed E-state index contributed by atoms with van der Waals surface area (Å²) in [5.41, 5.74) is 1.06. The van der Waals surface area contributed by atoms with Crippen molar-refractivity contribution in [1.29, 1.82) is 0 Å². The van der Waals surface area contributed by atoms with E-state index >= 15 is 0 Å². The van der Waals surface area contributed by atoms with Crippen molar-refractivity contribution < 1.29 is 9.72 Å². The van der Waals surface area contributed by atoms with Gasteiger partial charge in [-0.3, -0.25) is 14.9 Å². The van der Waals surface area contributed by atoms with Gasteiger partial charge in [-0.25, -0.2) is 4.98 Å². The number of nitrogens with one attached hydrogen (secondary N) is 1. The fourth-order valence-corrected chi connectivity index (χ4v) is 3.34. The number of carbonyl (C=O) groups excluding carboxylic acids is 1. The van der Waals surface area contributed by atoms with Gasteiger partial charge < -0.3 is 10.2 Å². The average molecular weight is 332 g/mol. The van der Waals surface area contributed by atoms with Gasteiger partial charge in [-0.1, -0.05) is 12.1 Å². The number of hydrogen-bond acceptors (Lipinski definition) is 6. The number of hydrogen-bond donors (Lipinski definition) is 1. The third-order valence-electron chi connectivity index (χ3n) is 3.79. The third-order valence-corrected chi connectivity index (χ3v) is 4.68. The maximum Gasteiger partial charge on any atom is 0.273 e. The van der Waals surface area contributed by atoms with E-state index in [-0.39, 0.29) is 17.6 Å². The van der Waals surface area contributed by atoms with Crippen LogP contribution in [0.1, 0.15) is 17.4 Å². The summed E-state index contributed by atoms with van der Waals surface area (Å²) in [6, 6.07) is 6.41. The lowest BCUT2D eigenvalue weighted by Crippen LogP contribution is -2.52. The summed E-state index contributed by atoms with van der Waals surface area (Å²) < 4.78 is 0. The van der Waals surface area contributed by atoms with Crippen LogP contribution < -0.4 is 5.32 Å². The highest BCUT2D eigenvalue weighted by molar-refractivity contribution is 7.13. The van der Waals surface area contributed by atoms with Crippen molar-refractivity contribution in [3.8, 4) is 10.6 Å². The third kappa shape index (κ3) is 3.22. The van der Waals surface area contributed by atoms with Crippen LogP contribution >= 0.6 is 11.3 Å². The molecule has 1 amide bonds. The van der Waals surface area contributed by atoms with E-state index in [1.807, 2.05) is 11.8 Å². The molecule has 1 aromatic carbocycles. The minimum atomic E-state index is -0.439. The summed E-state index contributed by atoms with van der Waals surface area (Å²) in [6.45, 7) is 4.20. The SMILES string of the molecule is C[C@@H]1CNCCN1C(=O)c1csc(-c2cccc([N+](=O)[O-])c2)n1. The first-order valence-electron chi connectivity index (χ1n) is 7.28. The highest BCUT2D eigenvalue weighted by atomic mass is 32.1. The van der Waals surface area contributed by atoms with Crippen molar-refractivity contribution in [2.75, 3.05) is 19.6 Å². The Hall–Kier alpha value is -2.32. The van der Waals surface area contributed by atoms with E-state index in [0.29, 0.717) is 22.8 Å². The molecular formula is C15H16N4O3S. The Morgan fingerprint density at radius 1 is 1.52 bits per heavy atom. The Labute approximate surface area is 137 Å². The van der Waals surface area contributed by atoms with Crippen LogP contribution in [0.4, 0.5) is 5.69 Å². The van der Waals surface area contributed by atoms with Gasteiger partial charge in [-0.2, -0.15) is 0 Å². The lowest BCUT2D eigenvalue weighted by Gasteiger charge is -2.33. The van der Waals surface area contributed by atoms with Crippen molar-refractivity contribution in [2.24, 2.45) is 0 Å². The van der Waals surface area contributed by atoms with Gasteiger partial charge in [0, 0.05) is 48.8 Å². The van der Waals surface area contributed by atoms with E-state index in [1.54, 1.807) is 17.5 Å². The topological polar surface area (TPSA) is 88.4 Å². The predicted molar refractivity (Wildman–Crippen MR) is 87.6 cm³/mol. The zero-order valence-electron chi connectivity index (χ0n) is 12.6. The highest BCUT2D eigenvalue weighted by Crippen LogP contribution is 2.27. The van der Waals surface area contributed by atoms with Crippen LogP contribution in [0.2, 0.25) is 0 Å². The minimum absolute atomic E-state index is 0.0151. The number of non-ortho nitro benzene ring substituents is 1. The molecule has 2 heterocycles. The second kappa shape index (κ2) is 6.43. The van der Waals surface area contributed by atoms with Crippen LogP contribution in [0.15, 0.2) is 29.6 Å². The molecule has 1 saturated heterocycles. The number of nitrogens with zero attached hydrogens (tertiary/aromatic N) is 3. The van der Waals surface area contributed by atoms with Crippen molar-refractivity contribution >= 4 is 22.9 Å². The monoisotopic (exact) mass is 332 g/mol. The molecule has 7 nitrogen and oxygen atoms in total. The Bertz CT molecular complexity index is 746. The minimum Gasteiger partial charge on any atom is -0.332 e. The standard InChI is InChI=1S/C15H16N4O3S/c1-10-8-16-5-6-18(10)15(20)13-9-23-14(17-13)11-3-2-4-12(7-11)19(21)22/h2-4,7,9-10,16H,5-6,8H2,1H3/t10-/m1/s1. The Morgan fingerprint density at radius 3 is 3.09 bits per heavy atom. The first-order valence-corrected chi connectivity index (χ1v) is 8.16. The number of rotatable bonds is 3.